The summed E-state index contributed by atoms with van der Waals surface area (Å²) in [5, 5.41) is 6.76. The molecule has 0 aliphatic rings. The Morgan fingerprint density at radius 3 is 2.79 bits per heavy atom. The van der Waals surface area contributed by atoms with Crippen molar-refractivity contribution in [1.82, 2.24) is 15.5 Å². The van der Waals surface area contributed by atoms with Gasteiger partial charge in [-0.25, -0.2) is 0 Å². The Labute approximate surface area is 112 Å². The number of carbonyl (C=O) groups excluding carboxylic acids is 1. The molecule has 1 unspecified atom stereocenters. The maximum absolute atomic E-state index is 12.0. The first-order valence-electron chi connectivity index (χ1n) is 6.20. The second-order valence-electron chi connectivity index (χ2n) is 4.52. The summed E-state index contributed by atoms with van der Waals surface area (Å²) in [6.45, 7) is 5.56. The summed E-state index contributed by atoms with van der Waals surface area (Å²) in [6.07, 6.45) is 1.99. The van der Waals surface area contributed by atoms with E-state index in [2.05, 4.69) is 15.5 Å². The molecule has 5 heteroatoms. The van der Waals surface area contributed by atoms with E-state index in [9.17, 15) is 4.79 Å². The van der Waals surface area contributed by atoms with E-state index in [4.69, 9.17) is 4.52 Å². The first-order valence-corrected chi connectivity index (χ1v) is 6.20. The lowest BCUT2D eigenvalue weighted by molar-refractivity contribution is -0.121. The number of rotatable bonds is 4. The van der Waals surface area contributed by atoms with Crippen LogP contribution in [-0.2, 0) is 11.2 Å². The van der Waals surface area contributed by atoms with E-state index in [1.165, 1.54) is 0 Å². The number of pyridine rings is 1. The summed E-state index contributed by atoms with van der Waals surface area (Å²) in [4.78, 5) is 16.2. The van der Waals surface area contributed by atoms with Crippen LogP contribution in [0.3, 0.4) is 0 Å². The van der Waals surface area contributed by atoms with Crippen LogP contribution in [0.25, 0.3) is 0 Å². The van der Waals surface area contributed by atoms with Crippen LogP contribution in [0.2, 0.25) is 0 Å². The van der Waals surface area contributed by atoms with Gasteiger partial charge in [0.1, 0.15) is 5.76 Å². The highest BCUT2D eigenvalue weighted by molar-refractivity contribution is 5.79. The van der Waals surface area contributed by atoms with E-state index in [1.54, 1.807) is 6.20 Å². The lowest BCUT2D eigenvalue weighted by Gasteiger charge is -2.13. The maximum Gasteiger partial charge on any atom is 0.225 e. The third-order valence-electron chi connectivity index (χ3n) is 3.03. The number of aromatic nitrogens is 2. The van der Waals surface area contributed by atoms with Gasteiger partial charge in [-0.1, -0.05) is 11.2 Å². The van der Waals surface area contributed by atoms with Crippen molar-refractivity contribution in [2.75, 3.05) is 0 Å². The largest absolute Gasteiger partial charge is 0.361 e. The minimum atomic E-state index is -0.117. The Morgan fingerprint density at radius 1 is 1.42 bits per heavy atom. The number of nitrogens with zero attached hydrogens (tertiary/aromatic N) is 2. The second-order valence-corrected chi connectivity index (χ2v) is 4.52. The number of hydrogen-bond acceptors (Lipinski definition) is 4. The van der Waals surface area contributed by atoms with Gasteiger partial charge in [0, 0.05) is 11.8 Å². The van der Waals surface area contributed by atoms with E-state index in [0.717, 1.165) is 17.0 Å². The molecule has 2 rings (SSSR count). The lowest BCUT2D eigenvalue weighted by atomic mass is 10.1. The molecule has 0 bridgehead atoms. The highest BCUT2D eigenvalue weighted by Gasteiger charge is 2.15. The fourth-order valence-corrected chi connectivity index (χ4v) is 1.91. The van der Waals surface area contributed by atoms with E-state index >= 15 is 0 Å². The van der Waals surface area contributed by atoms with Gasteiger partial charge in [-0.15, -0.1) is 0 Å². The van der Waals surface area contributed by atoms with Gasteiger partial charge in [0.2, 0.25) is 5.91 Å². The van der Waals surface area contributed by atoms with Gasteiger partial charge >= 0.3 is 0 Å². The number of amides is 1. The molecule has 0 saturated carbocycles. The molecular formula is C14H17N3O2. The van der Waals surface area contributed by atoms with Crippen LogP contribution >= 0.6 is 0 Å². The minimum Gasteiger partial charge on any atom is -0.361 e. The third-order valence-corrected chi connectivity index (χ3v) is 3.03. The Kier molecular flexibility index (Phi) is 3.94. The topological polar surface area (TPSA) is 68.0 Å². The predicted octanol–water partition coefficient (Wildman–Crippen LogP) is 2.11. The van der Waals surface area contributed by atoms with Crippen molar-refractivity contribution in [3.63, 3.8) is 0 Å². The van der Waals surface area contributed by atoms with E-state index in [1.807, 2.05) is 39.0 Å². The molecule has 0 aliphatic carbocycles. The van der Waals surface area contributed by atoms with Crippen LogP contribution < -0.4 is 5.32 Å². The van der Waals surface area contributed by atoms with Crippen molar-refractivity contribution in [3.05, 3.63) is 47.1 Å². The molecule has 5 nitrogen and oxygen atoms in total. The molecule has 0 saturated heterocycles. The van der Waals surface area contributed by atoms with Gasteiger partial charge < -0.3 is 9.84 Å². The van der Waals surface area contributed by atoms with Crippen molar-refractivity contribution in [2.24, 2.45) is 0 Å². The van der Waals surface area contributed by atoms with E-state index in [0.29, 0.717) is 5.76 Å². The summed E-state index contributed by atoms with van der Waals surface area (Å²) in [5.74, 6) is 0.630. The van der Waals surface area contributed by atoms with E-state index < -0.39 is 0 Å². The lowest BCUT2D eigenvalue weighted by Crippen LogP contribution is -2.28. The van der Waals surface area contributed by atoms with E-state index in [-0.39, 0.29) is 18.4 Å². The smallest absolute Gasteiger partial charge is 0.225 e. The Bertz CT molecular complexity index is 544. The van der Waals surface area contributed by atoms with Crippen LogP contribution in [0, 0.1) is 13.8 Å². The van der Waals surface area contributed by atoms with Crippen LogP contribution in [-0.4, -0.2) is 16.0 Å². The molecular weight excluding hydrogens is 242 g/mol. The molecule has 0 fully saturated rings. The Balaban J connectivity index is 1.99. The molecule has 100 valence electrons. The molecule has 0 radical (unpaired) electrons. The summed E-state index contributed by atoms with van der Waals surface area (Å²) in [6, 6.07) is 5.52. The molecule has 2 heterocycles. The molecule has 1 amide bonds. The molecule has 0 spiro atoms. The van der Waals surface area contributed by atoms with Crippen molar-refractivity contribution in [3.8, 4) is 0 Å². The summed E-state index contributed by atoms with van der Waals surface area (Å²) in [7, 11) is 0. The first kappa shape index (κ1) is 13.3. The van der Waals surface area contributed by atoms with Crippen molar-refractivity contribution in [2.45, 2.75) is 33.2 Å². The molecule has 0 aromatic carbocycles. The number of hydrogen-bond donors (Lipinski definition) is 1. The zero-order valence-corrected chi connectivity index (χ0v) is 11.3. The fourth-order valence-electron chi connectivity index (χ4n) is 1.91. The van der Waals surface area contributed by atoms with Gasteiger partial charge in [-0.05, 0) is 32.9 Å². The summed E-state index contributed by atoms with van der Waals surface area (Å²) in [5.41, 5.74) is 2.46. The van der Waals surface area contributed by atoms with Crippen LogP contribution in [0.5, 0.6) is 0 Å². The number of nitrogens with one attached hydrogen (secondary N) is 1. The van der Waals surface area contributed by atoms with Gasteiger partial charge in [0.15, 0.2) is 0 Å². The summed E-state index contributed by atoms with van der Waals surface area (Å²) < 4.78 is 5.04. The Hall–Kier alpha value is -2.17. The second kappa shape index (κ2) is 5.65. The normalized spacial score (nSPS) is 12.2. The van der Waals surface area contributed by atoms with Gasteiger partial charge in [-0.3, -0.25) is 9.78 Å². The first-order chi connectivity index (χ1) is 9.08. The predicted molar refractivity (Wildman–Crippen MR) is 70.5 cm³/mol. The zero-order valence-electron chi connectivity index (χ0n) is 11.3. The maximum atomic E-state index is 12.0. The van der Waals surface area contributed by atoms with Crippen molar-refractivity contribution in [1.29, 1.82) is 0 Å². The van der Waals surface area contributed by atoms with Crippen LogP contribution in [0.4, 0.5) is 0 Å². The minimum absolute atomic E-state index is 0.0625. The average molecular weight is 259 g/mol. The standard InChI is InChI=1S/C14H17N3O2/c1-9-12(11(3)19-17-9)8-14(18)16-10(2)13-6-4-5-7-15-13/h4-7,10H,8H2,1-3H3,(H,16,18). The van der Waals surface area contributed by atoms with Gasteiger partial charge in [0.05, 0.1) is 23.9 Å². The average Bonchev–Trinajstić information content (AvgIpc) is 2.71. The molecule has 1 N–H and O–H groups in total. The highest BCUT2D eigenvalue weighted by atomic mass is 16.5. The zero-order chi connectivity index (χ0) is 13.8. The quantitative estimate of drug-likeness (QED) is 0.913. The molecule has 2 aromatic rings. The summed E-state index contributed by atoms with van der Waals surface area (Å²) >= 11 is 0. The number of carbonyl (C=O) groups is 1. The van der Waals surface area contributed by atoms with Crippen molar-refractivity contribution < 1.29 is 9.32 Å². The Morgan fingerprint density at radius 2 is 2.21 bits per heavy atom. The highest BCUT2D eigenvalue weighted by Crippen LogP contribution is 2.14. The van der Waals surface area contributed by atoms with Crippen molar-refractivity contribution >= 4 is 5.91 Å². The van der Waals surface area contributed by atoms with Crippen LogP contribution in [0.1, 0.15) is 35.7 Å². The van der Waals surface area contributed by atoms with Gasteiger partial charge in [-0.2, -0.15) is 0 Å². The molecule has 0 aliphatic heterocycles. The van der Waals surface area contributed by atoms with Crippen LogP contribution in [0.15, 0.2) is 28.9 Å². The SMILES string of the molecule is Cc1noc(C)c1CC(=O)NC(C)c1ccccn1. The van der Waals surface area contributed by atoms with Gasteiger partial charge in [0.25, 0.3) is 0 Å². The molecule has 1 atom stereocenters. The monoisotopic (exact) mass is 259 g/mol. The third kappa shape index (κ3) is 3.19. The number of aryl methyl sites for hydroxylation is 2. The fraction of sp³-hybridized carbons (Fsp3) is 0.357. The molecule has 19 heavy (non-hydrogen) atoms. The molecule has 2 aromatic heterocycles.